The first-order valence-electron chi connectivity index (χ1n) is 5.64. The van der Waals surface area contributed by atoms with Gasteiger partial charge in [-0.15, -0.1) is 0 Å². The lowest BCUT2D eigenvalue weighted by Crippen LogP contribution is -2.15. The first-order chi connectivity index (χ1) is 8.36. The highest BCUT2D eigenvalue weighted by Crippen LogP contribution is 2.38. The molecule has 1 rings (SSSR count). The van der Waals surface area contributed by atoms with Crippen molar-refractivity contribution in [3.63, 3.8) is 0 Å². The molecule has 0 radical (unpaired) electrons. The summed E-state index contributed by atoms with van der Waals surface area (Å²) in [4.78, 5) is 10.7. The van der Waals surface area contributed by atoms with Gasteiger partial charge in [-0.25, -0.2) is 4.79 Å². The average Bonchev–Trinajstić information content (AvgIpc) is 2.25. The van der Waals surface area contributed by atoms with E-state index in [0.717, 1.165) is 5.56 Å². The van der Waals surface area contributed by atoms with Gasteiger partial charge in [0.1, 0.15) is 6.61 Å². The summed E-state index contributed by atoms with van der Waals surface area (Å²) in [5.41, 5.74) is 0.720. The molecule has 98 valence electrons. The van der Waals surface area contributed by atoms with Gasteiger partial charge in [0, 0.05) is 5.56 Å². The molecule has 1 N–H and O–H groups in total. The van der Waals surface area contributed by atoms with Gasteiger partial charge in [-0.05, 0) is 11.5 Å². The van der Waals surface area contributed by atoms with Crippen molar-refractivity contribution in [2.24, 2.45) is 0 Å². The molecule has 0 saturated carbocycles. The molecule has 0 aliphatic rings. The molecule has 0 saturated heterocycles. The smallest absolute Gasteiger partial charge is 0.485 e. The summed E-state index contributed by atoms with van der Waals surface area (Å²) >= 11 is 0. The van der Waals surface area contributed by atoms with E-state index < -0.39 is 6.16 Å². The monoisotopic (exact) mass is 250 g/mol. The van der Waals surface area contributed by atoms with Gasteiger partial charge in [0.2, 0.25) is 0 Å². The minimum Gasteiger partial charge on any atom is -0.485 e. The van der Waals surface area contributed by atoms with Crippen LogP contribution in [0.3, 0.4) is 0 Å². The molecule has 0 aromatic heterocycles. The fraction of sp³-hybridized carbons (Fsp3) is 0.357. The first-order valence-corrected chi connectivity index (χ1v) is 5.64. The van der Waals surface area contributed by atoms with E-state index in [9.17, 15) is 4.79 Å². The van der Waals surface area contributed by atoms with Crippen LogP contribution in [0.1, 0.15) is 26.3 Å². The quantitative estimate of drug-likeness (QED) is 0.504. The minimum atomic E-state index is -1.36. The molecule has 0 aliphatic heterocycles. The molecular weight excluding hydrogens is 232 g/mol. The maximum Gasteiger partial charge on any atom is 0.511 e. The second kappa shape index (κ2) is 5.58. The minimum absolute atomic E-state index is 0.172. The van der Waals surface area contributed by atoms with E-state index >= 15 is 0 Å². The zero-order chi connectivity index (χ0) is 13.8. The SMILES string of the molecule is C=CCOc1c(OC(=O)O)cccc1C(C)(C)C. The Morgan fingerprint density at radius 2 is 2.11 bits per heavy atom. The van der Waals surface area contributed by atoms with Gasteiger partial charge >= 0.3 is 6.16 Å². The lowest BCUT2D eigenvalue weighted by atomic mass is 9.86. The Kier molecular flexibility index (Phi) is 4.37. The van der Waals surface area contributed by atoms with E-state index in [2.05, 4.69) is 6.58 Å². The molecule has 0 atom stereocenters. The van der Waals surface area contributed by atoms with Gasteiger partial charge < -0.3 is 14.6 Å². The zero-order valence-corrected chi connectivity index (χ0v) is 10.9. The average molecular weight is 250 g/mol. The summed E-state index contributed by atoms with van der Waals surface area (Å²) in [6, 6.07) is 5.22. The van der Waals surface area contributed by atoms with Gasteiger partial charge in [0.25, 0.3) is 0 Å². The van der Waals surface area contributed by atoms with Crippen molar-refractivity contribution in [1.82, 2.24) is 0 Å². The number of benzene rings is 1. The first kappa shape index (κ1) is 14.1. The fourth-order valence-corrected chi connectivity index (χ4v) is 1.57. The molecule has 0 aliphatic carbocycles. The van der Waals surface area contributed by atoms with E-state index in [1.807, 2.05) is 26.8 Å². The second-order valence-corrected chi connectivity index (χ2v) is 4.85. The van der Waals surface area contributed by atoms with Crippen LogP contribution >= 0.6 is 0 Å². The van der Waals surface area contributed by atoms with Gasteiger partial charge in [-0.3, -0.25) is 0 Å². The summed E-state index contributed by atoms with van der Waals surface area (Å²) in [5.74, 6) is 0.657. The fourth-order valence-electron chi connectivity index (χ4n) is 1.57. The van der Waals surface area contributed by atoms with Crippen molar-refractivity contribution in [1.29, 1.82) is 0 Å². The van der Waals surface area contributed by atoms with Crippen molar-refractivity contribution in [2.45, 2.75) is 26.2 Å². The van der Waals surface area contributed by atoms with Crippen LogP contribution in [-0.4, -0.2) is 17.9 Å². The largest absolute Gasteiger partial charge is 0.511 e. The Hall–Kier alpha value is -1.97. The van der Waals surface area contributed by atoms with Crippen molar-refractivity contribution in [2.75, 3.05) is 6.61 Å². The van der Waals surface area contributed by atoms with Crippen molar-refractivity contribution in [3.05, 3.63) is 36.4 Å². The summed E-state index contributed by atoms with van der Waals surface area (Å²) in [7, 11) is 0. The number of hydrogen-bond donors (Lipinski definition) is 1. The number of rotatable bonds is 4. The Bertz CT molecular complexity index is 444. The van der Waals surface area contributed by atoms with Crippen LogP contribution in [0.5, 0.6) is 11.5 Å². The van der Waals surface area contributed by atoms with E-state index in [1.54, 1.807) is 18.2 Å². The van der Waals surface area contributed by atoms with Crippen LogP contribution in [0.2, 0.25) is 0 Å². The van der Waals surface area contributed by atoms with E-state index in [4.69, 9.17) is 14.6 Å². The third kappa shape index (κ3) is 3.52. The van der Waals surface area contributed by atoms with Gasteiger partial charge in [-0.1, -0.05) is 45.6 Å². The summed E-state index contributed by atoms with van der Waals surface area (Å²) in [6.45, 7) is 9.94. The van der Waals surface area contributed by atoms with Crippen LogP contribution in [0.15, 0.2) is 30.9 Å². The maximum atomic E-state index is 10.7. The molecule has 4 nitrogen and oxygen atoms in total. The normalized spacial score (nSPS) is 10.8. The predicted octanol–water partition coefficient (Wildman–Crippen LogP) is 3.61. The van der Waals surface area contributed by atoms with E-state index in [1.165, 1.54) is 0 Å². The van der Waals surface area contributed by atoms with Gasteiger partial charge in [0.15, 0.2) is 11.5 Å². The molecule has 0 spiro atoms. The van der Waals surface area contributed by atoms with Crippen molar-refractivity contribution in [3.8, 4) is 11.5 Å². The van der Waals surface area contributed by atoms with Crippen LogP contribution in [-0.2, 0) is 5.41 Å². The number of carboxylic acid groups (broad SMARTS) is 1. The molecule has 0 heterocycles. The lowest BCUT2D eigenvalue weighted by Gasteiger charge is -2.23. The molecule has 1 aromatic carbocycles. The van der Waals surface area contributed by atoms with Gasteiger partial charge in [0.05, 0.1) is 0 Å². The molecule has 0 fully saturated rings. The lowest BCUT2D eigenvalue weighted by molar-refractivity contribution is 0.142. The highest BCUT2D eigenvalue weighted by atomic mass is 16.7. The Balaban J connectivity index is 3.25. The summed E-state index contributed by atoms with van der Waals surface area (Å²) in [5, 5.41) is 8.71. The number of hydrogen-bond acceptors (Lipinski definition) is 3. The molecule has 0 unspecified atom stereocenters. The molecule has 4 heteroatoms. The maximum absolute atomic E-state index is 10.7. The summed E-state index contributed by atoms with van der Waals surface area (Å²) in [6.07, 6.45) is 0.244. The Morgan fingerprint density at radius 3 is 2.61 bits per heavy atom. The van der Waals surface area contributed by atoms with Crippen molar-refractivity contribution < 1.29 is 19.4 Å². The van der Waals surface area contributed by atoms with Crippen LogP contribution in [0, 0.1) is 0 Å². The van der Waals surface area contributed by atoms with Crippen molar-refractivity contribution >= 4 is 6.16 Å². The van der Waals surface area contributed by atoms with E-state index in [-0.39, 0.29) is 11.2 Å². The predicted molar refractivity (Wildman–Crippen MR) is 69.5 cm³/mol. The third-order valence-corrected chi connectivity index (χ3v) is 2.33. The number of ether oxygens (including phenoxy) is 2. The molecular formula is C14H18O4. The number of carbonyl (C=O) groups is 1. The topological polar surface area (TPSA) is 55.8 Å². The highest BCUT2D eigenvalue weighted by Gasteiger charge is 2.22. The van der Waals surface area contributed by atoms with Crippen LogP contribution < -0.4 is 9.47 Å². The standard InChI is InChI=1S/C14H18O4/c1-5-9-17-12-10(14(2,3)4)7-6-8-11(12)18-13(15)16/h5-8H,1,9H2,2-4H3,(H,15,16). The van der Waals surface area contributed by atoms with Gasteiger partial charge in [-0.2, -0.15) is 0 Å². The second-order valence-electron chi connectivity index (χ2n) is 4.85. The molecule has 0 bridgehead atoms. The third-order valence-electron chi connectivity index (χ3n) is 2.33. The van der Waals surface area contributed by atoms with E-state index in [0.29, 0.717) is 12.4 Å². The summed E-state index contributed by atoms with van der Waals surface area (Å²) < 4.78 is 10.3. The molecule has 18 heavy (non-hydrogen) atoms. The highest BCUT2D eigenvalue weighted by molar-refractivity contribution is 5.64. The van der Waals surface area contributed by atoms with Crippen LogP contribution in [0.4, 0.5) is 4.79 Å². The Morgan fingerprint density at radius 1 is 1.44 bits per heavy atom. The molecule has 0 amide bonds. The zero-order valence-electron chi connectivity index (χ0n) is 10.9. The number of para-hydroxylation sites is 1. The van der Waals surface area contributed by atoms with Crippen LogP contribution in [0.25, 0.3) is 0 Å². The Labute approximate surface area is 107 Å². The molecule has 1 aromatic rings.